The first-order chi connectivity index (χ1) is 9.94. The summed E-state index contributed by atoms with van der Waals surface area (Å²) in [7, 11) is -3.65. The Balaban J connectivity index is 2.27. The summed E-state index contributed by atoms with van der Waals surface area (Å²) in [4.78, 5) is 0.190. The zero-order valence-corrected chi connectivity index (χ0v) is 14.2. The molecule has 0 saturated heterocycles. The highest BCUT2D eigenvalue weighted by Gasteiger charge is 2.16. The molecule has 0 aromatic heterocycles. The van der Waals surface area contributed by atoms with Gasteiger partial charge in [-0.1, -0.05) is 29.8 Å². The Labute approximate surface area is 137 Å². The lowest BCUT2D eigenvalue weighted by Crippen LogP contribution is -2.13. The molecule has 3 N–H and O–H groups in total. The van der Waals surface area contributed by atoms with Crippen LogP contribution in [0, 0.1) is 0 Å². The van der Waals surface area contributed by atoms with E-state index in [1.807, 2.05) is 0 Å². The molecule has 0 aliphatic heterocycles. The van der Waals surface area contributed by atoms with Crippen molar-refractivity contribution in [2.45, 2.75) is 11.3 Å². The second-order valence-electron chi connectivity index (χ2n) is 4.39. The summed E-state index contributed by atoms with van der Waals surface area (Å²) >= 11 is 9.22. The lowest BCUT2D eigenvalue weighted by molar-refractivity contribution is 0.601. The molecule has 0 aliphatic carbocycles. The zero-order valence-electron chi connectivity index (χ0n) is 11.0. The summed E-state index contributed by atoms with van der Waals surface area (Å²) in [6.45, 7) is 0.528. The van der Waals surface area contributed by atoms with Gasteiger partial charge >= 0.3 is 0 Å². The second kappa shape index (κ2) is 6.79. The molecule has 0 amide bonds. The second-order valence-corrected chi connectivity index (χ2v) is 7.27. The maximum Gasteiger partial charge on any atom is 0.261 e. The van der Waals surface area contributed by atoms with Crippen LogP contribution in [-0.4, -0.2) is 15.0 Å². The molecule has 0 aliphatic rings. The standard InChI is InChI=1S/C14H14BrClN2O2S/c15-14-12(16)2-1-3-13(14)18-21(19,20)11-6-4-10(5-7-11)8-9-17/h1-7,18H,8-9,17H2. The molecule has 0 spiro atoms. The summed E-state index contributed by atoms with van der Waals surface area (Å²) in [6, 6.07) is 11.6. The van der Waals surface area contributed by atoms with E-state index >= 15 is 0 Å². The Hall–Kier alpha value is -1.08. The molecular weight excluding hydrogens is 376 g/mol. The number of benzene rings is 2. The van der Waals surface area contributed by atoms with Gasteiger partial charge in [-0.15, -0.1) is 0 Å². The molecule has 0 radical (unpaired) electrons. The van der Waals surface area contributed by atoms with Crippen molar-refractivity contribution < 1.29 is 8.42 Å². The number of nitrogens with one attached hydrogen (secondary N) is 1. The van der Waals surface area contributed by atoms with Crippen LogP contribution >= 0.6 is 27.5 Å². The normalized spacial score (nSPS) is 11.4. The van der Waals surface area contributed by atoms with Crippen LogP contribution in [0.3, 0.4) is 0 Å². The maximum absolute atomic E-state index is 12.3. The molecular formula is C14H14BrClN2O2S. The van der Waals surface area contributed by atoms with E-state index in [9.17, 15) is 8.42 Å². The number of sulfonamides is 1. The molecule has 0 unspecified atom stereocenters. The number of nitrogens with two attached hydrogens (primary N) is 1. The van der Waals surface area contributed by atoms with E-state index in [0.717, 1.165) is 5.56 Å². The SMILES string of the molecule is NCCc1ccc(S(=O)(=O)Nc2cccc(Cl)c2Br)cc1. The molecule has 2 aromatic rings. The van der Waals surface area contributed by atoms with E-state index in [2.05, 4.69) is 20.7 Å². The van der Waals surface area contributed by atoms with Crippen LogP contribution in [0.15, 0.2) is 51.8 Å². The molecule has 2 aromatic carbocycles. The highest BCUT2D eigenvalue weighted by atomic mass is 79.9. The molecule has 7 heteroatoms. The van der Waals surface area contributed by atoms with Crippen LogP contribution in [0.25, 0.3) is 0 Å². The predicted octanol–water partition coefficient (Wildman–Crippen LogP) is 3.40. The Kier molecular flexibility index (Phi) is 5.27. The van der Waals surface area contributed by atoms with Crippen LogP contribution in [0.1, 0.15) is 5.56 Å². The van der Waals surface area contributed by atoms with E-state index in [1.54, 1.807) is 42.5 Å². The average molecular weight is 390 g/mol. The van der Waals surface area contributed by atoms with Crippen molar-refractivity contribution >= 4 is 43.2 Å². The third-order valence-electron chi connectivity index (χ3n) is 2.86. The number of anilines is 1. The largest absolute Gasteiger partial charge is 0.330 e. The quantitative estimate of drug-likeness (QED) is 0.823. The van der Waals surface area contributed by atoms with E-state index < -0.39 is 10.0 Å². The number of hydrogen-bond donors (Lipinski definition) is 2. The minimum absolute atomic E-state index is 0.190. The predicted molar refractivity (Wildman–Crippen MR) is 89.2 cm³/mol. The maximum atomic E-state index is 12.3. The van der Waals surface area contributed by atoms with Gasteiger partial charge in [-0.2, -0.15) is 0 Å². The van der Waals surface area contributed by atoms with Crippen molar-refractivity contribution in [1.29, 1.82) is 0 Å². The van der Waals surface area contributed by atoms with Crippen molar-refractivity contribution in [2.75, 3.05) is 11.3 Å². The van der Waals surface area contributed by atoms with Crippen LogP contribution < -0.4 is 10.5 Å². The zero-order chi connectivity index (χ0) is 15.5. The summed E-state index contributed by atoms with van der Waals surface area (Å²) in [6.07, 6.45) is 0.716. The van der Waals surface area contributed by atoms with Crippen molar-refractivity contribution in [3.63, 3.8) is 0 Å². The Bertz CT molecular complexity index is 733. The number of rotatable bonds is 5. The lowest BCUT2D eigenvalue weighted by Gasteiger charge is -2.11. The smallest absolute Gasteiger partial charge is 0.261 e. The summed E-state index contributed by atoms with van der Waals surface area (Å²) < 4.78 is 27.7. The first-order valence-corrected chi connectivity index (χ1v) is 8.85. The first-order valence-electron chi connectivity index (χ1n) is 6.20. The van der Waals surface area contributed by atoms with Gasteiger partial charge in [-0.3, -0.25) is 4.72 Å². The van der Waals surface area contributed by atoms with Gasteiger partial charge in [0.15, 0.2) is 0 Å². The Morgan fingerprint density at radius 2 is 1.81 bits per heavy atom. The number of hydrogen-bond acceptors (Lipinski definition) is 3. The Morgan fingerprint density at radius 1 is 1.14 bits per heavy atom. The molecule has 112 valence electrons. The van der Waals surface area contributed by atoms with Crippen molar-refractivity contribution in [1.82, 2.24) is 0 Å². The molecule has 4 nitrogen and oxygen atoms in total. The van der Waals surface area contributed by atoms with Crippen molar-refractivity contribution in [3.05, 3.63) is 57.5 Å². The van der Waals surface area contributed by atoms with Gasteiger partial charge in [0.2, 0.25) is 0 Å². The van der Waals surface area contributed by atoms with Crippen LogP contribution in [0.4, 0.5) is 5.69 Å². The van der Waals surface area contributed by atoms with Crippen molar-refractivity contribution in [2.24, 2.45) is 5.73 Å². The minimum Gasteiger partial charge on any atom is -0.330 e. The summed E-state index contributed by atoms with van der Waals surface area (Å²) in [5, 5.41) is 0.438. The van der Waals surface area contributed by atoms with Gasteiger partial charge in [0.1, 0.15) is 0 Å². The van der Waals surface area contributed by atoms with Gasteiger partial charge in [0.25, 0.3) is 10.0 Å². The number of halogens is 2. The van der Waals surface area contributed by atoms with Gasteiger partial charge in [0, 0.05) is 0 Å². The van der Waals surface area contributed by atoms with Crippen LogP contribution in [0.5, 0.6) is 0 Å². The first kappa shape index (κ1) is 16.3. The Morgan fingerprint density at radius 3 is 2.43 bits per heavy atom. The van der Waals surface area contributed by atoms with Gasteiger partial charge in [0.05, 0.1) is 20.1 Å². The van der Waals surface area contributed by atoms with Gasteiger partial charge in [-0.05, 0) is 58.7 Å². The van der Waals surface area contributed by atoms with Crippen LogP contribution in [0.2, 0.25) is 5.02 Å². The van der Waals surface area contributed by atoms with Gasteiger partial charge < -0.3 is 5.73 Å². The molecule has 0 heterocycles. The van der Waals surface area contributed by atoms with Crippen molar-refractivity contribution in [3.8, 4) is 0 Å². The third-order valence-corrected chi connectivity index (χ3v) is 5.64. The fourth-order valence-electron chi connectivity index (χ4n) is 1.79. The lowest BCUT2D eigenvalue weighted by atomic mass is 10.2. The highest BCUT2D eigenvalue weighted by molar-refractivity contribution is 9.10. The third kappa shape index (κ3) is 3.97. The molecule has 0 bridgehead atoms. The topological polar surface area (TPSA) is 72.2 Å². The average Bonchev–Trinajstić information content (AvgIpc) is 2.45. The fourth-order valence-corrected chi connectivity index (χ4v) is 3.53. The van der Waals surface area contributed by atoms with E-state index in [1.165, 1.54) is 0 Å². The van der Waals surface area contributed by atoms with Crippen LogP contribution in [-0.2, 0) is 16.4 Å². The molecule has 0 atom stereocenters. The molecule has 0 fully saturated rings. The molecule has 21 heavy (non-hydrogen) atoms. The summed E-state index contributed by atoms with van der Waals surface area (Å²) in [5.41, 5.74) is 6.87. The molecule has 2 rings (SSSR count). The monoisotopic (exact) mass is 388 g/mol. The van der Waals surface area contributed by atoms with E-state index in [0.29, 0.717) is 28.1 Å². The van der Waals surface area contributed by atoms with Gasteiger partial charge in [-0.25, -0.2) is 8.42 Å². The fraction of sp³-hybridized carbons (Fsp3) is 0.143. The summed E-state index contributed by atoms with van der Waals surface area (Å²) in [5.74, 6) is 0. The highest BCUT2D eigenvalue weighted by Crippen LogP contribution is 2.31. The minimum atomic E-state index is -3.65. The molecule has 0 saturated carbocycles. The van der Waals surface area contributed by atoms with E-state index in [-0.39, 0.29) is 4.90 Å². The van der Waals surface area contributed by atoms with E-state index in [4.69, 9.17) is 17.3 Å².